The number of nitrogen functional groups attached to an aromatic ring is 1. The van der Waals surface area contributed by atoms with E-state index in [2.05, 4.69) is 15.0 Å². The van der Waals surface area contributed by atoms with Crippen molar-refractivity contribution in [1.82, 2.24) is 15.0 Å². The molecule has 0 bridgehead atoms. The van der Waals surface area contributed by atoms with E-state index in [9.17, 15) is 4.79 Å². The van der Waals surface area contributed by atoms with Crippen LogP contribution in [0, 0.1) is 0 Å². The summed E-state index contributed by atoms with van der Waals surface area (Å²) in [6.07, 6.45) is 0. The summed E-state index contributed by atoms with van der Waals surface area (Å²) in [5.41, 5.74) is 10.5. The summed E-state index contributed by atoms with van der Waals surface area (Å²) in [6.45, 7) is 2.21. The number of carbonyl (C=O) groups excluding carboxylic acids is 1. The number of likely N-dealkylation sites (N-methyl/N-ethyl adjacent to an activating group) is 1. The van der Waals surface area contributed by atoms with Crippen LogP contribution in [-0.4, -0.2) is 41.1 Å². The molecule has 0 aliphatic carbocycles. The predicted molar refractivity (Wildman–Crippen MR) is 57.9 cm³/mol. The third-order valence-corrected chi connectivity index (χ3v) is 1.63. The molecule has 1 aromatic heterocycles. The Labute approximate surface area is 92.6 Å². The van der Waals surface area contributed by atoms with E-state index in [1.54, 1.807) is 14.0 Å². The van der Waals surface area contributed by atoms with Crippen LogP contribution in [0.2, 0.25) is 0 Å². The summed E-state index contributed by atoms with van der Waals surface area (Å²) in [5.74, 6) is -0.209. The molecule has 16 heavy (non-hydrogen) atoms. The van der Waals surface area contributed by atoms with E-state index in [-0.39, 0.29) is 24.5 Å². The maximum absolute atomic E-state index is 10.7. The highest BCUT2D eigenvalue weighted by Gasteiger charge is 2.11. The fourth-order valence-corrected chi connectivity index (χ4v) is 1.03. The van der Waals surface area contributed by atoms with Gasteiger partial charge in [0.05, 0.1) is 13.2 Å². The smallest absolute Gasteiger partial charge is 0.323 e. The van der Waals surface area contributed by atoms with Crippen LogP contribution < -0.4 is 21.1 Å². The average molecular weight is 226 g/mol. The number of amides is 1. The molecule has 8 heteroatoms. The van der Waals surface area contributed by atoms with E-state index in [1.807, 2.05) is 0 Å². The lowest BCUT2D eigenvalue weighted by Gasteiger charge is -2.15. The second-order valence-electron chi connectivity index (χ2n) is 3.03. The molecule has 88 valence electrons. The van der Waals surface area contributed by atoms with Crippen molar-refractivity contribution >= 4 is 17.8 Å². The largest absolute Gasteiger partial charge is 0.464 e. The standard InChI is InChI=1S/C8H14N6O2/c1-3-16-8-12-6(10)11-7(13-8)14(2)4-5(9)15/h3-4H2,1-2H3,(H2,9,15)(H2,10,11,12,13). The molecular weight excluding hydrogens is 212 g/mol. The Hall–Kier alpha value is -2.12. The lowest BCUT2D eigenvalue weighted by Crippen LogP contribution is -2.32. The molecule has 0 saturated heterocycles. The van der Waals surface area contributed by atoms with Gasteiger partial charge in [-0.15, -0.1) is 0 Å². The first-order valence-electron chi connectivity index (χ1n) is 4.66. The Balaban J connectivity index is 2.90. The van der Waals surface area contributed by atoms with Gasteiger partial charge in [0.2, 0.25) is 17.8 Å². The van der Waals surface area contributed by atoms with Crippen LogP contribution in [0.4, 0.5) is 11.9 Å². The molecule has 1 aromatic rings. The van der Waals surface area contributed by atoms with Gasteiger partial charge in [-0.2, -0.15) is 15.0 Å². The topological polar surface area (TPSA) is 120 Å². The first-order valence-corrected chi connectivity index (χ1v) is 4.66. The molecular formula is C8H14N6O2. The maximum Gasteiger partial charge on any atom is 0.323 e. The fraction of sp³-hybridized carbons (Fsp3) is 0.500. The van der Waals surface area contributed by atoms with Crippen molar-refractivity contribution in [2.45, 2.75) is 6.92 Å². The van der Waals surface area contributed by atoms with E-state index in [0.29, 0.717) is 6.61 Å². The first-order chi connectivity index (χ1) is 7.52. The van der Waals surface area contributed by atoms with Gasteiger partial charge in [0.15, 0.2) is 0 Å². The van der Waals surface area contributed by atoms with Gasteiger partial charge in [0, 0.05) is 7.05 Å². The number of anilines is 2. The van der Waals surface area contributed by atoms with Gasteiger partial charge in [-0.25, -0.2) is 0 Å². The summed E-state index contributed by atoms with van der Waals surface area (Å²) in [5, 5.41) is 0. The van der Waals surface area contributed by atoms with Crippen LogP contribution in [0.25, 0.3) is 0 Å². The van der Waals surface area contributed by atoms with Gasteiger partial charge in [-0.3, -0.25) is 4.79 Å². The normalized spacial score (nSPS) is 9.88. The highest BCUT2D eigenvalue weighted by atomic mass is 16.5. The number of nitrogens with zero attached hydrogens (tertiary/aromatic N) is 4. The van der Waals surface area contributed by atoms with Gasteiger partial charge < -0.3 is 21.1 Å². The van der Waals surface area contributed by atoms with E-state index >= 15 is 0 Å². The lowest BCUT2D eigenvalue weighted by molar-refractivity contribution is -0.116. The highest BCUT2D eigenvalue weighted by Crippen LogP contribution is 2.11. The second kappa shape index (κ2) is 5.10. The zero-order chi connectivity index (χ0) is 12.1. The lowest BCUT2D eigenvalue weighted by atomic mass is 10.5. The predicted octanol–water partition coefficient (Wildman–Crippen LogP) is -1.23. The third kappa shape index (κ3) is 3.23. The number of hydrogen-bond acceptors (Lipinski definition) is 7. The average Bonchev–Trinajstić information content (AvgIpc) is 2.16. The van der Waals surface area contributed by atoms with Gasteiger partial charge in [0.1, 0.15) is 0 Å². The fourth-order valence-electron chi connectivity index (χ4n) is 1.03. The van der Waals surface area contributed by atoms with Crippen molar-refractivity contribution in [3.05, 3.63) is 0 Å². The van der Waals surface area contributed by atoms with E-state index in [1.165, 1.54) is 4.90 Å². The summed E-state index contributed by atoms with van der Waals surface area (Å²) in [6, 6.07) is 0.126. The molecule has 4 N–H and O–H groups in total. The molecule has 1 heterocycles. The van der Waals surface area contributed by atoms with Crippen molar-refractivity contribution in [3.63, 3.8) is 0 Å². The molecule has 0 saturated carbocycles. The van der Waals surface area contributed by atoms with E-state index in [4.69, 9.17) is 16.2 Å². The molecule has 0 fully saturated rings. The summed E-state index contributed by atoms with van der Waals surface area (Å²) in [4.78, 5) is 23.8. The summed E-state index contributed by atoms with van der Waals surface area (Å²) >= 11 is 0. The number of hydrogen-bond donors (Lipinski definition) is 2. The van der Waals surface area contributed by atoms with Gasteiger partial charge in [0.25, 0.3) is 0 Å². The van der Waals surface area contributed by atoms with Crippen molar-refractivity contribution in [2.24, 2.45) is 5.73 Å². The monoisotopic (exact) mass is 226 g/mol. The molecule has 1 rings (SSSR count). The number of nitrogens with two attached hydrogens (primary N) is 2. The maximum atomic E-state index is 10.7. The number of rotatable bonds is 5. The first kappa shape index (κ1) is 12.0. The van der Waals surface area contributed by atoms with E-state index in [0.717, 1.165) is 0 Å². The number of carbonyl (C=O) groups is 1. The number of aromatic nitrogens is 3. The zero-order valence-corrected chi connectivity index (χ0v) is 9.17. The van der Waals surface area contributed by atoms with Crippen molar-refractivity contribution in [1.29, 1.82) is 0 Å². The van der Waals surface area contributed by atoms with Crippen molar-refractivity contribution in [2.75, 3.05) is 30.8 Å². The Morgan fingerprint density at radius 3 is 2.69 bits per heavy atom. The van der Waals surface area contributed by atoms with Crippen LogP contribution in [0.5, 0.6) is 6.01 Å². The summed E-state index contributed by atoms with van der Waals surface area (Å²) < 4.78 is 5.10. The van der Waals surface area contributed by atoms with Crippen LogP contribution in [0.1, 0.15) is 6.92 Å². The highest BCUT2D eigenvalue weighted by molar-refractivity contribution is 5.78. The molecule has 0 aliphatic rings. The minimum Gasteiger partial charge on any atom is -0.464 e. The zero-order valence-electron chi connectivity index (χ0n) is 9.17. The van der Waals surface area contributed by atoms with Crippen molar-refractivity contribution < 1.29 is 9.53 Å². The second-order valence-corrected chi connectivity index (χ2v) is 3.03. The van der Waals surface area contributed by atoms with E-state index < -0.39 is 5.91 Å². The van der Waals surface area contributed by atoms with Gasteiger partial charge in [-0.1, -0.05) is 0 Å². The number of ether oxygens (including phenoxy) is 1. The molecule has 0 aromatic carbocycles. The molecule has 0 atom stereocenters. The van der Waals surface area contributed by atoms with Crippen LogP contribution in [0.15, 0.2) is 0 Å². The number of primary amides is 1. The van der Waals surface area contributed by atoms with Gasteiger partial charge >= 0.3 is 6.01 Å². The minimum absolute atomic E-state index is 0.00494. The van der Waals surface area contributed by atoms with Crippen LogP contribution >= 0.6 is 0 Å². The third-order valence-electron chi connectivity index (χ3n) is 1.63. The Morgan fingerprint density at radius 1 is 1.44 bits per heavy atom. The minimum atomic E-state index is -0.487. The Kier molecular flexibility index (Phi) is 3.81. The SMILES string of the molecule is CCOc1nc(N)nc(N(C)CC(N)=O)n1. The van der Waals surface area contributed by atoms with Crippen molar-refractivity contribution in [3.8, 4) is 6.01 Å². The van der Waals surface area contributed by atoms with Crippen LogP contribution in [0.3, 0.4) is 0 Å². The Morgan fingerprint density at radius 2 is 2.12 bits per heavy atom. The molecule has 8 nitrogen and oxygen atoms in total. The molecule has 0 unspecified atom stereocenters. The molecule has 0 aliphatic heterocycles. The Bertz CT molecular complexity index is 383. The molecule has 0 radical (unpaired) electrons. The molecule has 0 spiro atoms. The van der Waals surface area contributed by atoms with Gasteiger partial charge in [-0.05, 0) is 6.92 Å². The quantitative estimate of drug-likeness (QED) is 0.645. The summed E-state index contributed by atoms with van der Waals surface area (Å²) in [7, 11) is 1.62. The van der Waals surface area contributed by atoms with Crippen LogP contribution in [-0.2, 0) is 4.79 Å². The molecule has 1 amide bonds.